The fourth-order valence-electron chi connectivity index (χ4n) is 1.44. The van der Waals surface area contributed by atoms with Crippen LogP contribution in [0, 0.1) is 0 Å². The largest absolute Gasteiger partial charge is 0.502 e. The molecule has 0 radical (unpaired) electrons. The van der Waals surface area contributed by atoms with Gasteiger partial charge in [0.15, 0.2) is 5.05 Å². The highest BCUT2D eigenvalue weighted by Crippen LogP contribution is 2.24. The van der Waals surface area contributed by atoms with E-state index in [4.69, 9.17) is 9.84 Å². The van der Waals surface area contributed by atoms with E-state index in [9.17, 15) is 0 Å². The molecule has 1 fully saturated rings. The maximum atomic E-state index is 8.80. The van der Waals surface area contributed by atoms with Gasteiger partial charge in [0.05, 0.1) is 0 Å². The highest BCUT2D eigenvalue weighted by atomic mass is 32.2. The van der Waals surface area contributed by atoms with Crippen molar-refractivity contribution in [3.8, 4) is 0 Å². The van der Waals surface area contributed by atoms with E-state index in [1.54, 1.807) is 0 Å². The van der Waals surface area contributed by atoms with Crippen LogP contribution in [0.3, 0.4) is 0 Å². The van der Waals surface area contributed by atoms with Crippen LogP contribution in [0.4, 0.5) is 0 Å². The van der Waals surface area contributed by atoms with Crippen LogP contribution in [-0.2, 0) is 4.74 Å². The molecule has 0 bridgehead atoms. The van der Waals surface area contributed by atoms with Crippen molar-refractivity contribution >= 4 is 29.0 Å². The first-order valence-corrected chi connectivity index (χ1v) is 6.70. The van der Waals surface area contributed by atoms with E-state index in [-0.39, 0.29) is 5.05 Å². The summed E-state index contributed by atoms with van der Waals surface area (Å²) in [7, 11) is 0. The molecule has 1 unspecified atom stereocenters. The van der Waals surface area contributed by atoms with E-state index >= 15 is 0 Å². The number of aliphatic hydroxyl groups is 1. The maximum absolute atomic E-state index is 8.80. The van der Waals surface area contributed by atoms with E-state index < -0.39 is 0 Å². The Morgan fingerprint density at radius 3 is 2.93 bits per heavy atom. The smallest absolute Gasteiger partial charge is 0.156 e. The van der Waals surface area contributed by atoms with Gasteiger partial charge in [-0.1, -0.05) is 0 Å². The lowest BCUT2D eigenvalue weighted by atomic mass is 10.2. The summed E-state index contributed by atoms with van der Waals surface area (Å²) in [5.41, 5.74) is 0.421. The molecule has 1 atom stereocenters. The molecule has 1 aliphatic rings. The quantitative estimate of drug-likeness (QED) is 0.564. The zero-order valence-electron chi connectivity index (χ0n) is 8.41. The van der Waals surface area contributed by atoms with Gasteiger partial charge in [-0.05, 0) is 50.1 Å². The third kappa shape index (κ3) is 5.83. The van der Waals surface area contributed by atoms with Gasteiger partial charge in [-0.25, -0.2) is 0 Å². The lowest BCUT2D eigenvalue weighted by Crippen LogP contribution is -2.15. The minimum atomic E-state index is 0.143. The summed E-state index contributed by atoms with van der Waals surface area (Å²) in [5.74, 6) is 1.12. The van der Waals surface area contributed by atoms with Crippen molar-refractivity contribution in [1.82, 2.24) is 0 Å². The molecule has 1 N–H and O–H groups in total. The van der Waals surface area contributed by atoms with E-state index in [0.717, 1.165) is 25.2 Å². The van der Waals surface area contributed by atoms with E-state index in [1.165, 1.54) is 19.3 Å². The lowest BCUT2D eigenvalue weighted by molar-refractivity contribution is 0.0728. The molecule has 0 aromatic heterocycles. The summed E-state index contributed by atoms with van der Waals surface area (Å²) in [4.78, 5) is 0. The highest BCUT2D eigenvalue weighted by Gasteiger charge is 2.13. The van der Waals surface area contributed by atoms with Gasteiger partial charge in [-0.15, -0.1) is 11.8 Å². The Morgan fingerprint density at radius 1 is 1.43 bits per heavy atom. The van der Waals surface area contributed by atoms with Crippen molar-refractivity contribution < 1.29 is 9.84 Å². The van der Waals surface area contributed by atoms with Gasteiger partial charge >= 0.3 is 0 Å². The molecular weight excluding hydrogens is 216 g/mol. The van der Waals surface area contributed by atoms with Gasteiger partial charge in [-0.3, -0.25) is 0 Å². The molecule has 0 aromatic carbocycles. The van der Waals surface area contributed by atoms with Crippen LogP contribution < -0.4 is 0 Å². The number of unbranched alkanes of at least 4 members (excludes halogenated alkanes) is 1. The standard InChI is InChI=1S/C10H18O2S2/c11-9(13)5-2-4-8-14-10-6-1-3-7-12-10/h10H,1-8H2,(H,11,13). The van der Waals surface area contributed by atoms with Crippen molar-refractivity contribution in [2.75, 3.05) is 12.4 Å². The summed E-state index contributed by atoms with van der Waals surface area (Å²) in [6, 6.07) is 0. The molecular formula is C10H18O2S2. The van der Waals surface area contributed by atoms with Crippen molar-refractivity contribution in [3.63, 3.8) is 0 Å². The number of aliphatic hydroxyl groups excluding tert-OH is 1. The van der Waals surface area contributed by atoms with E-state index in [2.05, 4.69) is 12.2 Å². The molecule has 0 saturated carbocycles. The van der Waals surface area contributed by atoms with Crippen LogP contribution in [0.25, 0.3) is 0 Å². The average molecular weight is 234 g/mol. The topological polar surface area (TPSA) is 29.5 Å². The van der Waals surface area contributed by atoms with Crippen LogP contribution in [0.5, 0.6) is 0 Å². The monoisotopic (exact) mass is 234 g/mol. The van der Waals surface area contributed by atoms with E-state index in [1.807, 2.05) is 11.8 Å². The number of thiocarbonyl (C=S) groups is 1. The first-order valence-electron chi connectivity index (χ1n) is 5.24. The number of ether oxygens (including phenoxy) is 1. The second-order valence-corrected chi connectivity index (χ2v) is 5.26. The number of rotatable bonds is 6. The summed E-state index contributed by atoms with van der Waals surface area (Å²) in [6.45, 7) is 0.929. The molecule has 0 spiro atoms. The van der Waals surface area contributed by atoms with Crippen molar-refractivity contribution in [2.45, 2.75) is 44.0 Å². The number of hydrogen-bond acceptors (Lipinski definition) is 3. The molecule has 1 heterocycles. The first kappa shape index (κ1) is 12.3. The SMILES string of the molecule is OC(=S)CCCCSC1CCCCO1. The predicted octanol–water partition coefficient (Wildman–Crippen LogP) is 3.30. The summed E-state index contributed by atoms with van der Waals surface area (Å²) in [5, 5.41) is 8.94. The zero-order chi connectivity index (χ0) is 10.2. The lowest BCUT2D eigenvalue weighted by Gasteiger charge is -2.21. The normalized spacial score (nSPS) is 22.1. The van der Waals surface area contributed by atoms with Gasteiger partial charge in [0, 0.05) is 13.0 Å². The summed E-state index contributed by atoms with van der Waals surface area (Å²) in [6.07, 6.45) is 6.50. The van der Waals surface area contributed by atoms with Gasteiger partial charge in [0.2, 0.25) is 0 Å². The minimum Gasteiger partial charge on any atom is -0.502 e. The van der Waals surface area contributed by atoms with Crippen LogP contribution in [0.15, 0.2) is 0 Å². The van der Waals surface area contributed by atoms with Crippen molar-refractivity contribution in [1.29, 1.82) is 0 Å². The Labute approximate surface area is 95.4 Å². The summed E-state index contributed by atoms with van der Waals surface area (Å²) < 4.78 is 5.59. The maximum Gasteiger partial charge on any atom is 0.156 e. The first-order chi connectivity index (χ1) is 6.79. The van der Waals surface area contributed by atoms with E-state index in [0.29, 0.717) is 11.9 Å². The third-order valence-electron chi connectivity index (χ3n) is 2.23. The fourth-order valence-corrected chi connectivity index (χ4v) is 2.74. The number of hydrogen-bond donors (Lipinski definition) is 1. The molecule has 0 aromatic rings. The van der Waals surface area contributed by atoms with Crippen LogP contribution in [-0.4, -0.2) is 28.0 Å². The minimum absolute atomic E-state index is 0.143. The third-order valence-corrected chi connectivity index (χ3v) is 3.70. The summed E-state index contributed by atoms with van der Waals surface area (Å²) >= 11 is 6.50. The highest BCUT2D eigenvalue weighted by molar-refractivity contribution is 7.99. The van der Waals surface area contributed by atoms with Gasteiger partial charge in [0.25, 0.3) is 0 Å². The molecule has 1 rings (SSSR count). The Bertz CT molecular complexity index is 168. The second kappa shape index (κ2) is 7.49. The van der Waals surface area contributed by atoms with Gasteiger partial charge < -0.3 is 9.84 Å². The average Bonchev–Trinajstić information content (AvgIpc) is 2.18. The molecule has 1 aliphatic heterocycles. The van der Waals surface area contributed by atoms with Crippen molar-refractivity contribution in [2.24, 2.45) is 0 Å². The Hall–Kier alpha value is 0.200. The Balaban J connectivity index is 1.90. The molecule has 1 saturated heterocycles. The zero-order valence-corrected chi connectivity index (χ0v) is 10.0. The molecule has 0 aliphatic carbocycles. The fraction of sp³-hybridized carbons (Fsp3) is 0.900. The molecule has 4 heteroatoms. The Kier molecular flexibility index (Phi) is 6.56. The van der Waals surface area contributed by atoms with Crippen LogP contribution in [0.1, 0.15) is 38.5 Å². The molecule has 14 heavy (non-hydrogen) atoms. The number of thioether (sulfide) groups is 1. The van der Waals surface area contributed by atoms with Crippen LogP contribution >= 0.6 is 24.0 Å². The molecule has 2 nitrogen and oxygen atoms in total. The predicted molar refractivity (Wildman–Crippen MR) is 65.1 cm³/mol. The van der Waals surface area contributed by atoms with Crippen molar-refractivity contribution in [3.05, 3.63) is 0 Å². The Morgan fingerprint density at radius 2 is 2.29 bits per heavy atom. The molecule has 0 amide bonds. The molecule has 82 valence electrons. The van der Waals surface area contributed by atoms with Gasteiger partial charge in [-0.2, -0.15) is 0 Å². The van der Waals surface area contributed by atoms with Crippen LogP contribution in [0.2, 0.25) is 0 Å². The van der Waals surface area contributed by atoms with Gasteiger partial charge in [0.1, 0.15) is 5.44 Å². The second-order valence-electron chi connectivity index (χ2n) is 3.52.